The van der Waals surface area contributed by atoms with Crippen LogP contribution in [0.25, 0.3) is 0 Å². The second-order valence-corrected chi connectivity index (χ2v) is 3.53. The predicted octanol–water partition coefficient (Wildman–Crippen LogP) is 1.40. The first-order chi connectivity index (χ1) is 8.49. The van der Waals surface area contributed by atoms with E-state index in [1.54, 1.807) is 13.8 Å². The Kier molecular flexibility index (Phi) is 4.38. The van der Waals surface area contributed by atoms with Gasteiger partial charge in [0.2, 0.25) is 5.91 Å². The lowest BCUT2D eigenvalue weighted by Gasteiger charge is -2.09. The van der Waals surface area contributed by atoms with Gasteiger partial charge in [0.1, 0.15) is 6.07 Å². The van der Waals surface area contributed by atoms with Gasteiger partial charge >= 0.3 is 5.97 Å². The van der Waals surface area contributed by atoms with Crippen LogP contribution in [0.3, 0.4) is 0 Å². The molecule has 94 valence electrons. The highest BCUT2D eigenvalue weighted by Gasteiger charge is 2.16. The number of hydrogen-bond donors (Lipinski definition) is 1. The first-order valence-corrected chi connectivity index (χ1v) is 5.36. The van der Waals surface area contributed by atoms with E-state index < -0.39 is 5.97 Å². The molecule has 6 nitrogen and oxygen atoms in total. The Morgan fingerprint density at radius 2 is 2.22 bits per heavy atom. The Morgan fingerprint density at radius 3 is 2.72 bits per heavy atom. The van der Waals surface area contributed by atoms with E-state index in [9.17, 15) is 9.59 Å². The van der Waals surface area contributed by atoms with E-state index in [4.69, 9.17) is 10.00 Å². The summed E-state index contributed by atoms with van der Waals surface area (Å²) in [7, 11) is 0. The number of amides is 1. The van der Waals surface area contributed by atoms with E-state index in [1.165, 1.54) is 13.0 Å². The molecule has 1 rings (SSSR count). The summed E-state index contributed by atoms with van der Waals surface area (Å²) >= 11 is 0. The molecule has 0 saturated carbocycles. The van der Waals surface area contributed by atoms with Gasteiger partial charge in [0.25, 0.3) is 0 Å². The average molecular weight is 247 g/mol. The van der Waals surface area contributed by atoms with Gasteiger partial charge in [-0.15, -0.1) is 0 Å². The minimum absolute atomic E-state index is 0.124. The van der Waals surface area contributed by atoms with Crippen molar-refractivity contribution < 1.29 is 14.3 Å². The summed E-state index contributed by atoms with van der Waals surface area (Å²) in [6.45, 7) is 4.86. The van der Waals surface area contributed by atoms with Crippen molar-refractivity contribution in [3.8, 4) is 6.07 Å². The molecule has 1 N–H and O–H groups in total. The van der Waals surface area contributed by atoms with Crippen LogP contribution in [0.5, 0.6) is 0 Å². The number of carbonyl (C=O) groups excluding carboxylic acids is 2. The fraction of sp³-hybridized carbons (Fsp3) is 0.333. The zero-order chi connectivity index (χ0) is 13.7. The van der Waals surface area contributed by atoms with Gasteiger partial charge in [0.05, 0.1) is 23.4 Å². The molecule has 1 aromatic rings. The van der Waals surface area contributed by atoms with Gasteiger partial charge in [0, 0.05) is 6.92 Å². The largest absolute Gasteiger partial charge is 0.462 e. The Bertz CT molecular complexity index is 532. The van der Waals surface area contributed by atoms with Crippen LogP contribution in [0.2, 0.25) is 0 Å². The van der Waals surface area contributed by atoms with E-state index in [0.29, 0.717) is 5.69 Å². The molecule has 1 amide bonds. The van der Waals surface area contributed by atoms with Gasteiger partial charge in [-0.2, -0.15) is 5.26 Å². The smallest absolute Gasteiger partial charge is 0.340 e. The molecule has 0 aliphatic carbocycles. The number of aromatic nitrogens is 1. The number of anilines is 1. The number of aryl methyl sites for hydroxylation is 1. The zero-order valence-electron chi connectivity index (χ0n) is 10.4. The molecule has 0 radical (unpaired) electrons. The summed E-state index contributed by atoms with van der Waals surface area (Å²) < 4.78 is 4.85. The predicted molar refractivity (Wildman–Crippen MR) is 63.9 cm³/mol. The number of nitrogens with one attached hydrogen (secondary N) is 1. The number of pyridine rings is 1. The van der Waals surface area contributed by atoms with Gasteiger partial charge < -0.3 is 10.1 Å². The maximum absolute atomic E-state index is 11.6. The lowest BCUT2D eigenvalue weighted by Crippen LogP contribution is -2.13. The van der Waals surface area contributed by atoms with Gasteiger partial charge in [-0.05, 0) is 19.9 Å². The second kappa shape index (κ2) is 5.77. The highest BCUT2D eigenvalue weighted by atomic mass is 16.5. The Morgan fingerprint density at radius 1 is 1.56 bits per heavy atom. The zero-order valence-corrected chi connectivity index (χ0v) is 10.4. The van der Waals surface area contributed by atoms with Gasteiger partial charge in [0.15, 0.2) is 5.82 Å². The number of ether oxygens (including phenoxy) is 1. The molecular weight excluding hydrogens is 234 g/mol. The molecule has 0 aromatic carbocycles. The molecule has 18 heavy (non-hydrogen) atoms. The fourth-order valence-electron chi connectivity index (χ4n) is 1.37. The third-order valence-electron chi connectivity index (χ3n) is 2.12. The molecule has 0 aliphatic heterocycles. The molecule has 0 unspecified atom stereocenters. The Balaban J connectivity index is 3.23. The molecule has 1 heterocycles. The van der Waals surface area contributed by atoms with Crippen LogP contribution in [0.4, 0.5) is 5.82 Å². The van der Waals surface area contributed by atoms with Crippen molar-refractivity contribution in [2.75, 3.05) is 11.9 Å². The lowest BCUT2D eigenvalue weighted by atomic mass is 10.1. The number of rotatable bonds is 3. The molecule has 0 spiro atoms. The first-order valence-electron chi connectivity index (χ1n) is 5.36. The maximum atomic E-state index is 11.6. The van der Waals surface area contributed by atoms with Crippen molar-refractivity contribution in [1.29, 1.82) is 5.26 Å². The molecule has 0 fully saturated rings. The average Bonchev–Trinajstić information content (AvgIpc) is 2.28. The summed E-state index contributed by atoms with van der Waals surface area (Å²) in [4.78, 5) is 26.6. The van der Waals surface area contributed by atoms with E-state index in [2.05, 4.69) is 10.3 Å². The van der Waals surface area contributed by atoms with Crippen molar-refractivity contribution >= 4 is 17.7 Å². The monoisotopic (exact) mass is 247 g/mol. The summed E-state index contributed by atoms with van der Waals surface area (Å²) in [5.41, 5.74) is 0.748. The number of nitriles is 1. The lowest BCUT2D eigenvalue weighted by molar-refractivity contribution is -0.114. The summed E-state index contributed by atoms with van der Waals surface area (Å²) in [5, 5.41) is 11.4. The fourth-order valence-corrected chi connectivity index (χ4v) is 1.37. The van der Waals surface area contributed by atoms with Crippen molar-refractivity contribution in [2.24, 2.45) is 0 Å². The van der Waals surface area contributed by atoms with Crippen molar-refractivity contribution in [2.45, 2.75) is 20.8 Å². The maximum Gasteiger partial charge on any atom is 0.340 e. The van der Waals surface area contributed by atoms with Gasteiger partial charge in [-0.1, -0.05) is 0 Å². The van der Waals surface area contributed by atoms with Crippen LogP contribution in [0.1, 0.15) is 35.5 Å². The molecule has 1 aromatic heterocycles. The van der Waals surface area contributed by atoms with Crippen LogP contribution in [0.15, 0.2) is 6.07 Å². The first kappa shape index (κ1) is 13.6. The van der Waals surface area contributed by atoms with Crippen LogP contribution < -0.4 is 5.32 Å². The molecular formula is C12H13N3O3. The SMILES string of the molecule is CCOC(=O)c1cc(C#N)c(NC(C)=O)nc1C. The van der Waals surface area contributed by atoms with Gasteiger partial charge in [-0.3, -0.25) is 4.79 Å². The molecule has 0 saturated heterocycles. The highest BCUT2D eigenvalue weighted by molar-refractivity contribution is 5.93. The van der Waals surface area contributed by atoms with Crippen LogP contribution in [0, 0.1) is 18.3 Å². The standard InChI is InChI=1S/C12H13N3O3/c1-4-18-12(17)10-5-9(6-13)11(14-7(10)2)15-8(3)16/h5H,4H2,1-3H3,(H,14,15,16). The van der Waals surface area contributed by atoms with Gasteiger partial charge in [-0.25, -0.2) is 9.78 Å². The third kappa shape index (κ3) is 3.04. The highest BCUT2D eigenvalue weighted by Crippen LogP contribution is 2.17. The quantitative estimate of drug-likeness (QED) is 0.815. The van der Waals surface area contributed by atoms with Crippen LogP contribution in [-0.2, 0) is 9.53 Å². The van der Waals surface area contributed by atoms with Crippen LogP contribution >= 0.6 is 0 Å². The van der Waals surface area contributed by atoms with E-state index >= 15 is 0 Å². The van der Waals surface area contributed by atoms with Crippen molar-refractivity contribution in [1.82, 2.24) is 4.98 Å². The molecule has 0 atom stereocenters. The third-order valence-corrected chi connectivity index (χ3v) is 2.12. The number of carbonyl (C=O) groups is 2. The van der Waals surface area contributed by atoms with Crippen LogP contribution in [-0.4, -0.2) is 23.5 Å². The number of esters is 1. The topological polar surface area (TPSA) is 92.1 Å². The molecule has 6 heteroatoms. The molecule has 0 bridgehead atoms. The minimum atomic E-state index is -0.534. The molecule has 0 aliphatic rings. The normalized spacial score (nSPS) is 9.44. The summed E-state index contributed by atoms with van der Waals surface area (Å²) in [6.07, 6.45) is 0. The van der Waals surface area contributed by atoms with Crippen molar-refractivity contribution in [3.05, 3.63) is 22.9 Å². The summed E-state index contributed by atoms with van der Waals surface area (Å²) in [6, 6.07) is 3.25. The van der Waals surface area contributed by atoms with E-state index in [1.807, 2.05) is 6.07 Å². The Hall–Kier alpha value is -2.42. The Labute approximate surface area is 105 Å². The van der Waals surface area contributed by atoms with Crippen molar-refractivity contribution in [3.63, 3.8) is 0 Å². The summed E-state index contributed by atoms with van der Waals surface area (Å²) in [5.74, 6) is -0.716. The van der Waals surface area contributed by atoms with E-state index in [-0.39, 0.29) is 29.5 Å². The number of hydrogen-bond acceptors (Lipinski definition) is 5. The second-order valence-electron chi connectivity index (χ2n) is 3.53. The number of nitrogens with zero attached hydrogens (tertiary/aromatic N) is 2. The van der Waals surface area contributed by atoms with E-state index in [0.717, 1.165) is 0 Å². The minimum Gasteiger partial charge on any atom is -0.462 e.